The lowest BCUT2D eigenvalue weighted by Gasteiger charge is -2.18. The van der Waals surface area contributed by atoms with E-state index >= 15 is 0 Å². The van der Waals surface area contributed by atoms with E-state index in [9.17, 15) is 4.79 Å². The van der Waals surface area contributed by atoms with Gasteiger partial charge in [0, 0.05) is 6.42 Å². The predicted molar refractivity (Wildman–Crippen MR) is 64.6 cm³/mol. The highest BCUT2D eigenvalue weighted by atomic mass is 16.1. The van der Waals surface area contributed by atoms with Gasteiger partial charge in [-0.15, -0.1) is 0 Å². The molecule has 0 heterocycles. The molecular weight excluding hydrogens is 188 g/mol. The van der Waals surface area contributed by atoms with Crippen molar-refractivity contribution in [2.45, 2.75) is 40.0 Å². The second-order valence-electron chi connectivity index (χ2n) is 3.48. The number of carbonyl (C=O) groups excluding carboxylic acids is 1. The maximum atomic E-state index is 11.4. The zero-order chi connectivity index (χ0) is 11.5. The Kier molecular flexibility index (Phi) is 9.18. The summed E-state index contributed by atoms with van der Waals surface area (Å²) in [6, 6.07) is 0. The van der Waals surface area contributed by atoms with Gasteiger partial charge in [-0.2, -0.15) is 0 Å². The molecule has 1 amide bonds. The van der Waals surface area contributed by atoms with Crippen molar-refractivity contribution < 1.29 is 4.79 Å². The van der Waals surface area contributed by atoms with E-state index in [0.29, 0.717) is 13.1 Å². The van der Waals surface area contributed by atoms with Crippen LogP contribution in [-0.2, 0) is 4.79 Å². The standard InChI is InChI=1S/C12H24N2O/c1-4-7-8-9-10-12(15)13-11-14(5-2)6-3/h7-8H,4-6,9-11H2,1-3H3,(H,13,15)/b8-7+. The molecule has 0 aromatic rings. The summed E-state index contributed by atoms with van der Waals surface area (Å²) >= 11 is 0. The molecule has 3 heteroatoms. The molecule has 1 N–H and O–H groups in total. The van der Waals surface area contributed by atoms with Crippen molar-refractivity contribution >= 4 is 5.91 Å². The molecule has 0 unspecified atom stereocenters. The first-order chi connectivity index (χ1) is 7.24. The van der Waals surface area contributed by atoms with E-state index in [1.165, 1.54) is 0 Å². The Bertz CT molecular complexity index is 186. The summed E-state index contributed by atoms with van der Waals surface area (Å²) in [6.07, 6.45) is 6.64. The number of rotatable bonds is 8. The fourth-order valence-electron chi connectivity index (χ4n) is 1.23. The van der Waals surface area contributed by atoms with Crippen molar-refractivity contribution in [2.75, 3.05) is 19.8 Å². The number of amides is 1. The van der Waals surface area contributed by atoms with Gasteiger partial charge in [-0.25, -0.2) is 0 Å². The molecule has 0 atom stereocenters. The van der Waals surface area contributed by atoms with Crippen molar-refractivity contribution in [3.8, 4) is 0 Å². The van der Waals surface area contributed by atoms with E-state index in [2.05, 4.69) is 43.1 Å². The molecule has 0 aromatic carbocycles. The number of nitrogens with zero attached hydrogens (tertiary/aromatic N) is 1. The van der Waals surface area contributed by atoms with Crippen LogP contribution in [0.4, 0.5) is 0 Å². The molecule has 0 fully saturated rings. The minimum atomic E-state index is 0.141. The number of allylic oxidation sites excluding steroid dienone is 2. The van der Waals surface area contributed by atoms with Crippen molar-refractivity contribution in [3.63, 3.8) is 0 Å². The van der Waals surface area contributed by atoms with Crippen LogP contribution in [0.15, 0.2) is 12.2 Å². The molecular formula is C12H24N2O. The number of hydrogen-bond donors (Lipinski definition) is 1. The molecule has 0 aliphatic rings. The highest BCUT2D eigenvalue weighted by Crippen LogP contribution is 1.93. The number of carbonyl (C=O) groups is 1. The largest absolute Gasteiger partial charge is 0.343 e. The first-order valence-corrected chi connectivity index (χ1v) is 5.88. The molecule has 3 nitrogen and oxygen atoms in total. The second kappa shape index (κ2) is 9.71. The van der Waals surface area contributed by atoms with Crippen molar-refractivity contribution in [1.82, 2.24) is 10.2 Å². The molecule has 0 saturated carbocycles. The molecule has 0 aliphatic carbocycles. The number of nitrogens with one attached hydrogen (secondary N) is 1. The van der Waals surface area contributed by atoms with Crippen LogP contribution in [0.1, 0.15) is 40.0 Å². The van der Waals surface area contributed by atoms with E-state index < -0.39 is 0 Å². The van der Waals surface area contributed by atoms with Gasteiger partial charge in [0.1, 0.15) is 0 Å². The predicted octanol–water partition coefficient (Wildman–Crippen LogP) is 2.15. The van der Waals surface area contributed by atoms with Gasteiger partial charge >= 0.3 is 0 Å². The van der Waals surface area contributed by atoms with Gasteiger partial charge < -0.3 is 5.32 Å². The lowest BCUT2D eigenvalue weighted by Crippen LogP contribution is -2.37. The molecule has 0 radical (unpaired) electrons. The van der Waals surface area contributed by atoms with Crippen LogP contribution in [0.25, 0.3) is 0 Å². The summed E-state index contributed by atoms with van der Waals surface area (Å²) < 4.78 is 0. The molecule has 88 valence electrons. The first-order valence-electron chi connectivity index (χ1n) is 5.88. The minimum Gasteiger partial charge on any atom is -0.343 e. The fourth-order valence-corrected chi connectivity index (χ4v) is 1.23. The average Bonchev–Trinajstić information content (AvgIpc) is 2.26. The maximum absolute atomic E-state index is 11.4. The average molecular weight is 212 g/mol. The van der Waals surface area contributed by atoms with Crippen LogP contribution in [0.3, 0.4) is 0 Å². The maximum Gasteiger partial charge on any atom is 0.221 e. The number of hydrogen-bond acceptors (Lipinski definition) is 2. The Labute approximate surface area is 93.5 Å². The Morgan fingerprint density at radius 2 is 1.87 bits per heavy atom. The van der Waals surface area contributed by atoms with Gasteiger partial charge in [0.25, 0.3) is 0 Å². The molecule has 15 heavy (non-hydrogen) atoms. The monoisotopic (exact) mass is 212 g/mol. The van der Waals surface area contributed by atoms with Crippen LogP contribution in [0.5, 0.6) is 0 Å². The first kappa shape index (κ1) is 14.2. The van der Waals surface area contributed by atoms with Gasteiger partial charge in [0.05, 0.1) is 6.67 Å². The van der Waals surface area contributed by atoms with E-state index in [1.54, 1.807) is 0 Å². The summed E-state index contributed by atoms with van der Waals surface area (Å²) in [5, 5.41) is 2.91. The van der Waals surface area contributed by atoms with Crippen LogP contribution < -0.4 is 5.32 Å². The van der Waals surface area contributed by atoms with Crippen LogP contribution in [-0.4, -0.2) is 30.6 Å². The Morgan fingerprint density at radius 1 is 1.20 bits per heavy atom. The zero-order valence-electron chi connectivity index (χ0n) is 10.3. The Morgan fingerprint density at radius 3 is 2.40 bits per heavy atom. The van der Waals surface area contributed by atoms with E-state index in [1.807, 2.05) is 0 Å². The van der Waals surface area contributed by atoms with Gasteiger partial charge in [0.2, 0.25) is 5.91 Å². The van der Waals surface area contributed by atoms with Crippen molar-refractivity contribution in [1.29, 1.82) is 0 Å². The molecule has 0 aliphatic heterocycles. The Hall–Kier alpha value is -0.830. The van der Waals surface area contributed by atoms with Crippen LogP contribution in [0.2, 0.25) is 0 Å². The third-order valence-electron chi connectivity index (χ3n) is 2.33. The SMILES string of the molecule is CC/C=C/CCC(=O)NCN(CC)CC. The van der Waals surface area contributed by atoms with E-state index in [-0.39, 0.29) is 5.91 Å². The van der Waals surface area contributed by atoms with E-state index in [4.69, 9.17) is 0 Å². The minimum absolute atomic E-state index is 0.141. The summed E-state index contributed by atoms with van der Waals surface area (Å²) in [5.74, 6) is 0.141. The third kappa shape index (κ3) is 8.18. The fraction of sp³-hybridized carbons (Fsp3) is 0.750. The van der Waals surface area contributed by atoms with Crippen molar-refractivity contribution in [3.05, 3.63) is 12.2 Å². The second-order valence-corrected chi connectivity index (χ2v) is 3.48. The highest BCUT2D eigenvalue weighted by Gasteiger charge is 2.01. The molecule has 0 aromatic heterocycles. The third-order valence-corrected chi connectivity index (χ3v) is 2.33. The summed E-state index contributed by atoms with van der Waals surface area (Å²) in [5.41, 5.74) is 0. The molecule has 0 saturated heterocycles. The topological polar surface area (TPSA) is 32.3 Å². The van der Waals surface area contributed by atoms with Gasteiger partial charge in [0.15, 0.2) is 0 Å². The van der Waals surface area contributed by atoms with Crippen LogP contribution in [0, 0.1) is 0 Å². The van der Waals surface area contributed by atoms with Crippen LogP contribution >= 0.6 is 0 Å². The lowest BCUT2D eigenvalue weighted by molar-refractivity contribution is -0.121. The normalized spacial score (nSPS) is 11.2. The highest BCUT2D eigenvalue weighted by molar-refractivity contribution is 5.75. The van der Waals surface area contributed by atoms with E-state index in [0.717, 1.165) is 25.9 Å². The summed E-state index contributed by atoms with van der Waals surface area (Å²) in [6.45, 7) is 8.92. The molecule has 0 bridgehead atoms. The Balaban J connectivity index is 3.52. The lowest BCUT2D eigenvalue weighted by atomic mass is 10.2. The summed E-state index contributed by atoms with van der Waals surface area (Å²) in [7, 11) is 0. The smallest absolute Gasteiger partial charge is 0.221 e. The molecule has 0 rings (SSSR count). The van der Waals surface area contributed by atoms with Gasteiger partial charge in [-0.05, 0) is 25.9 Å². The van der Waals surface area contributed by atoms with Crippen molar-refractivity contribution in [2.24, 2.45) is 0 Å². The van der Waals surface area contributed by atoms with Gasteiger partial charge in [-0.1, -0.05) is 32.9 Å². The zero-order valence-corrected chi connectivity index (χ0v) is 10.3. The summed E-state index contributed by atoms with van der Waals surface area (Å²) in [4.78, 5) is 13.6. The molecule has 0 spiro atoms. The van der Waals surface area contributed by atoms with Gasteiger partial charge in [-0.3, -0.25) is 9.69 Å². The quantitative estimate of drug-likeness (QED) is 0.494.